The SMILES string of the molecule is COc1cc(Nc2ncc(-c3ccc(C(N)=O)cc3)o2)cc(C(=O)NCc2cccnc2)c1. The number of methoxy groups -OCH3 is 1. The zero-order valence-electron chi connectivity index (χ0n) is 17.7. The number of primary amides is 1. The number of nitrogens with zero attached hydrogens (tertiary/aromatic N) is 2. The second-order valence-electron chi connectivity index (χ2n) is 7.09. The number of anilines is 2. The summed E-state index contributed by atoms with van der Waals surface area (Å²) in [7, 11) is 1.52. The fourth-order valence-electron chi connectivity index (χ4n) is 3.09. The van der Waals surface area contributed by atoms with Crippen LogP contribution in [0, 0.1) is 0 Å². The topological polar surface area (TPSA) is 132 Å². The van der Waals surface area contributed by atoms with Gasteiger partial charge in [0.1, 0.15) is 5.75 Å². The Morgan fingerprint density at radius 2 is 1.88 bits per heavy atom. The third kappa shape index (κ3) is 5.34. The molecule has 33 heavy (non-hydrogen) atoms. The van der Waals surface area contributed by atoms with Gasteiger partial charge in [-0.3, -0.25) is 14.6 Å². The monoisotopic (exact) mass is 443 g/mol. The molecule has 0 aliphatic rings. The molecule has 2 aromatic carbocycles. The van der Waals surface area contributed by atoms with Gasteiger partial charge < -0.3 is 25.5 Å². The highest BCUT2D eigenvalue weighted by Crippen LogP contribution is 2.27. The highest BCUT2D eigenvalue weighted by Gasteiger charge is 2.12. The van der Waals surface area contributed by atoms with Crippen LogP contribution < -0.4 is 21.1 Å². The molecule has 0 spiro atoms. The fraction of sp³-hybridized carbons (Fsp3) is 0.0833. The summed E-state index contributed by atoms with van der Waals surface area (Å²) in [6.45, 7) is 0.351. The molecule has 4 aromatic rings. The van der Waals surface area contributed by atoms with Crippen molar-refractivity contribution in [3.63, 3.8) is 0 Å². The Morgan fingerprint density at radius 3 is 2.58 bits per heavy atom. The average Bonchev–Trinajstić information content (AvgIpc) is 3.31. The number of pyridine rings is 1. The molecule has 2 heterocycles. The number of benzene rings is 2. The summed E-state index contributed by atoms with van der Waals surface area (Å²) in [6, 6.07) is 15.7. The van der Waals surface area contributed by atoms with Crippen molar-refractivity contribution >= 4 is 23.5 Å². The Balaban J connectivity index is 1.49. The second-order valence-corrected chi connectivity index (χ2v) is 7.09. The summed E-state index contributed by atoms with van der Waals surface area (Å²) in [6.07, 6.45) is 4.93. The van der Waals surface area contributed by atoms with Crippen LogP contribution in [0.15, 0.2) is 77.6 Å². The first-order valence-electron chi connectivity index (χ1n) is 10.0. The van der Waals surface area contributed by atoms with Crippen molar-refractivity contribution in [2.75, 3.05) is 12.4 Å². The number of nitrogens with one attached hydrogen (secondary N) is 2. The Labute approximate surface area is 189 Å². The van der Waals surface area contributed by atoms with E-state index in [9.17, 15) is 9.59 Å². The molecule has 0 saturated carbocycles. The maximum atomic E-state index is 12.7. The average molecular weight is 443 g/mol. The number of oxazole rings is 1. The third-order valence-corrected chi connectivity index (χ3v) is 4.79. The predicted octanol–water partition coefficient (Wildman–Crippen LogP) is 3.52. The molecule has 9 nitrogen and oxygen atoms in total. The molecular weight excluding hydrogens is 422 g/mol. The number of carbonyl (C=O) groups excluding carboxylic acids is 2. The molecule has 0 bridgehead atoms. The lowest BCUT2D eigenvalue weighted by Crippen LogP contribution is -2.23. The number of hydrogen-bond donors (Lipinski definition) is 3. The molecular formula is C24H21N5O4. The minimum absolute atomic E-state index is 0.235. The molecule has 0 radical (unpaired) electrons. The lowest BCUT2D eigenvalue weighted by atomic mass is 10.1. The third-order valence-electron chi connectivity index (χ3n) is 4.79. The zero-order valence-corrected chi connectivity index (χ0v) is 17.7. The van der Waals surface area contributed by atoms with Crippen LogP contribution >= 0.6 is 0 Å². The number of carbonyl (C=O) groups is 2. The number of aromatic nitrogens is 2. The molecule has 0 fully saturated rings. The van der Waals surface area contributed by atoms with Crippen molar-refractivity contribution in [2.24, 2.45) is 5.73 Å². The Hall–Kier alpha value is -4.66. The molecule has 4 rings (SSSR count). The van der Waals surface area contributed by atoms with Crippen molar-refractivity contribution < 1.29 is 18.7 Å². The second kappa shape index (κ2) is 9.65. The van der Waals surface area contributed by atoms with Crippen LogP contribution in [0.25, 0.3) is 11.3 Å². The van der Waals surface area contributed by atoms with E-state index in [1.165, 1.54) is 7.11 Å². The van der Waals surface area contributed by atoms with Crippen molar-refractivity contribution in [1.29, 1.82) is 0 Å². The van der Waals surface area contributed by atoms with Gasteiger partial charge in [-0.05, 0) is 35.9 Å². The van der Waals surface area contributed by atoms with Gasteiger partial charge in [-0.2, -0.15) is 0 Å². The first-order valence-corrected chi connectivity index (χ1v) is 10.0. The summed E-state index contributed by atoms with van der Waals surface area (Å²) in [4.78, 5) is 32.2. The van der Waals surface area contributed by atoms with Crippen molar-refractivity contribution in [1.82, 2.24) is 15.3 Å². The van der Waals surface area contributed by atoms with Gasteiger partial charge in [0.2, 0.25) is 5.91 Å². The normalized spacial score (nSPS) is 10.5. The quantitative estimate of drug-likeness (QED) is 0.379. The Bertz CT molecular complexity index is 1270. The molecule has 4 N–H and O–H groups in total. The van der Waals surface area contributed by atoms with Gasteiger partial charge in [-0.25, -0.2) is 4.98 Å². The molecule has 9 heteroatoms. The van der Waals surface area contributed by atoms with E-state index in [4.69, 9.17) is 14.9 Å². The molecule has 2 amide bonds. The fourth-order valence-corrected chi connectivity index (χ4v) is 3.09. The number of nitrogens with two attached hydrogens (primary N) is 1. The van der Waals surface area contributed by atoms with Crippen LogP contribution in [-0.2, 0) is 6.54 Å². The van der Waals surface area contributed by atoms with Crippen molar-refractivity contribution in [3.8, 4) is 17.1 Å². The molecule has 0 unspecified atom stereocenters. The van der Waals surface area contributed by atoms with E-state index < -0.39 is 5.91 Å². The van der Waals surface area contributed by atoms with Gasteiger partial charge in [-0.1, -0.05) is 18.2 Å². The van der Waals surface area contributed by atoms with E-state index in [2.05, 4.69) is 20.6 Å². The van der Waals surface area contributed by atoms with E-state index in [1.807, 2.05) is 12.1 Å². The summed E-state index contributed by atoms with van der Waals surface area (Å²) in [5.74, 6) is 0.245. The van der Waals surface area contributed by atoms with E-state index >= 15 is 0 Å². The Kier molecular flexibility index (Phi) is 6.31. The maximum absolute atomic E-state index is 12.7. The van der Waals surface area contributed by atoms with Gasteiger partial charge in [0, 0.05) is 47.4 Å². The summed E-state index contributed by atoms with van der Waals surface area (Å²) >= 11 is 0. The maximum Gasteiger partial charge on any atom is 0.299 e. The summed E-state index contributed by atoms with van der Waals surface area (Å²) in [5, 5.41) is 5.91. The zero-order chi connectivity index (χ0) is 23.2. The summed E-state index contributed by atoms with van der Waals surface area (Å²) < 4.78 is 11.1. The highest BCUT2D eigenvalue weighted by atomic mass is 16.5. The minimum Gasteiger partial charge on any atom is -0.497 e. The number of amides is 2. The first kappa shape index (κ1) is 21.6. The highest BCUT2D eigenvalue weighted by molar-refractivity contribution is 5.96. The standard InChI is InChI=1S/C24H21N5O4/c1-32-20-10-18(23(31)27-13-15-3-2-8-26-12-15)9-19(11-20)29-24-28-14-21(33-24)16-4-6-17(7-5-16)22(25)30/h2-12,14H,13H2,1H3,(H2,25,30)(H,27,31)(H,28,29). The summed E-state index contributed by atoms with van der Waals surface area (Å²) in [5.41, 5.74) is 8.29. The van der Waals surface area contributed by atoms with Gasteiger partial charge in [0.15, 0.2) is 5.76 Å². The minimum atomic E-state index is -0.500. The van der Waals surface area contributed by atoms with Crippen LogP contribution in [0.2, 0.25) is 0 Å². The smallest absolute Gasteiger partial charge is 0.299 e. The van der Waals surface area contributed by atoms with Crippen LogP contribution in [0.1, 0.15) is 26.3 Å². The molecule has 2 aromatic heterocycles. The van der Waals surface area contributed by atoms with Crippen LogP contribution in [0.3, 0.4) is 0 Å². The van der Waals surface area contributed by atoms with Gasteiger partial charge in [0.25, 0.3) is 11.9 Å². The van der Waals surface area contributed by atoms with Crippen molar-refractivity contribution in [3.05, 3.63) is 89.9 Å². The van der Waals surface area contributed by atoms with Crippen LogP contribution in [-0.4, -0.2) is 28.9 Å². The van der Waals surface area contributed by atoms with Gasteiger partial charge in [-0.15, -0.1) is 0 Å². The van der Waals surface area contributed by atoms with Crippen LogP contribution in [0.5, 0.6) is 5.75 Å². The van der Waals surface area contributed by atoms with E-state index in [0.29, 0.717) is 34.9 Å². The molecule has 166 valence electrons. The number of rotatable bonds is 8. The molecule has 0 saturated heterocycles. The largest absolute Gasteiger partial charge is 0.497 e. The molecule has 0 atom stereocenters. The lowest BCUT2D eigenvalue weighted by Gasteiger charge is -2.10. The van der Waals surface area contributed by atoms with Crippen molar-refractivity contribution in [2.45, 2.75) is 6.54 Å². The van der Waals surface area contributed by atoms with E-state index in [1.54, 1.807) is 61.1 Å². The van der Waals surface area contributed by atoms with E-state index in [-0.39, 0.29) is 11.9 Å². The Morgan fingerprint density at radius 1 is 1.06 bits per heavy atom. The number of hydrogen-bond acceptors (Lipinski definition) is 7. The predicted molar refractivity (Wildman–Crippen MR) is 122 cm³/mol. The van der Waals surface area contributed by atoms with Gasteiger partial charge in [0.05, 0.1) is 13.3 Å². The lowest BCUT2D eigenvalue weighted by molar-refractivity contribution is 0.0949. The van der Waals surface area contributed by atoms with E-state index in [0.717, 1.165) is 11.1 Å². The van der Waals surface area contributed by atoms with Gasteiger partial charge >= 0.3 is 0 Å². The first-order chi connectivity index (χ1) is 16.0. The van der Waals surface area contributed by atoms with Crippen LogP contribution in [0.4, 0.5) is 11.7 Å². The molecule has 0 aliphatic heterocycles. The molecule has 0 aliphatic carbocycles. The number of ether oxygens (including phenoxy) is 1.